The minimum absolute atomic E-state index is 0.0981. The lowest BCUT2D eigenvalue weighted by molar-refractivity contribution is -0.139. The third kappa shape index (κ3) is 5.55. The number of alkyl halides is 3. The van der Waals surface area contributed by atoms with Crippen molar-refractivity contribution in [1.29, 1.82) is 0 Å². The molecule has 0 aliphatic carbocycles. The Morgan fingerprint density at radius 3 is 2.48 bits per heavy atom. The van der Waals surface area contributed by atoms with Crippen molar-refractivity contribution in [3.05, 3.63) is 29.8 Å². The number of hydrogen-bond acceptors (Lipinski definition) is 3. The highest BCUT2D eigenvalue weighted by atomic mass is 19.4. The van der Waals surface area contributed by atoms with Gasteiger partial charge in [0.05, 0.1) is 18.8 Å². The summed E-state index contributed by atoms with van der Waals surface area (Å²) in [6.45, 7) is 4.55. The lowest BCUT2D eigenvalue weighted by atomic mass is 9.99. The molecule has 0 aromatic heterocycles. The first kappa shape index (κ1) is 17.8. The predicted octanol–water partition coefficient (Wildman–Crippen LogP) is 3.22. The van der Waals surface area contributed by atoms with Gasteiger partial charge in [0.2, 0.25) is 0 Å². The van der Waals surface area contributed by atoms with E-state index in [0.717, 1.165) is 19.0 Å². The molecule has 3 nitrogen and oxygen atoms in total. The summed E-state index contributed by atoms with van der Waals surface area (Å²) in [4.78, 5) is 0. The van der Waals surface area contributed by atoms with Gasteiger partial charge in [0.15, 0.2) is 0 Å². The fourth-order valence-corrected chi connectivity index (χ4v) is 1.86. The monoisotopic (exact) mass is 305 g/mol. The SMILES string of the molecule is CCCNC(C)(CO)CCOc1ccccc1C(F)(F)F. The summed E-state index contributed by atoms with van der Waals surface area (Å²) in [5, 5.41) is 12.6. The van der Waals surface area contributed by atoms with E-state index in [1.807, 2.05) is 13.8 Å². The highest BCUT2D eigenvalue weighted by molar-refractivity contribution is 5.35. The molecular weight excluding hydrogens is 283 g/mol. The fourth-order valence-electron chi connectivity index (χ4n) is 1.86. The summed E-state index contributed by atoms with van der Waals surface area (Å²) in [6.07, 6.45) is -3.11. The Morgan fingerprint density at radius 1 is 1.24 bits per heavy atom. The first-order chi connectivity index (χ1) is 9.82. The van der Waals surface area contributed by atoms with Gasteiger partial charge in [0.25, 0.3) is 0 Å². The second-order valence-corrected chi connectivity index (χ2v) is 5.24. The summed E-state index contributed by atoms with van der Waals surface area (Å²) >= 11 is 0. The summed E-state index contributed by atoms with van der Waals surface area (Å²) in [7, 11) is 0. The van der Waals surface area contributed by atoms with Gasteiger partial charge >= 0.3 is 6.18 Å². The Hall–Kier alpha value is -1.27. The molecular formula is C15H22F3NO2. The number of aliphatic hydroxyl groups excluding tert-OH is 1. The molecule has 0 heterocycles. The maximum atomic E-state index is 12.8. The van der Waals surface area contributed by atoms with Gasteiger partial charge in [-0.15, -0.1) is 0 Å². The van der Waals surface area contributed by atoms with Gasteiger partial charge in [-0.2, -0.15) is 13.2 Å². The van der Waals surface area contributed by atoms with E-state index >= 15 is 0 Å². The van der Waals surface area contributed by atoms with E-state index in [1.54, 1.807) is 0 Å². The molecule has 0 fully saturated rings. The van der Waals surface area contributed by atoms with E-state index in [0.29, 0.717) is 6.42 Å². The van der Waals surface area contributed by atoms with Gasteiger partial charge in [-0.05, 0) is 32.0 Å². The molecule has 120 valence electrons. The van der Waals surface area contributed by atoms with Crippen LogP contribution in [0.15, 0.2) is 24.3 Å². The van der Waals surface area contributed by atoms with Crippen LogP contribution in [0.25, 0.3) is 0 Å². The normalized spacial score (nSPS) is 14.8. The molecule has 6 heteroatoms. The fraction of sp³-hybridized carbons (Fsp3) is 0.600. The molecule has 1 aromatic rings. The highest BCUT2D eigenvalue weighted by Crippen LogP contribution is 2.36. The van der Waals surface area contributed by atoms with Crippen molar-refractivity contribution in [3.63, 3.8) is 0 Å². The zero-order valence-electron chi connectivity index (χ0n) is 12.3. The van der Waals surface area contributed by atoms with Crippen molar-refractivity contribution in [2.75, 3.05) is 19.8 Å². The minimum Gasteiger partial charge on any atom is -0.493 e. The molecule has 0 saturated carbocycles. The molecule has 0 bridgehead atoms. The Bertz CT molecular complexity index is 437. The highest BCUT2D eigenvalue weighted by Gasteiger charge is 2.34. The maximum Gasteiger partial charge on any atom is 0.419 e. The van der Waals surface area contributed by atoms with Gasteiger partial charge in [-0.3, -0.25) is 0 Å². The third-order valence-corrected chi connectivity index (χ3v) is 3.25. The van der Waals surface area contributed by atoms with Crippen LogP contribution in [0.4, 0.5) is 13.2 Å². The number of ether oxygens (including phenoxy) is 1. The van der Waals surface area contributed by atoms with E-state index in [-0.39, 0.29) is 19.0 Å². The van der Waals surface area contributed by atoms with Crippen LogP contribution < -0.4 is 10.1 Å². The minimum atomic E-state index is -4.43. The number of benzene rings is 1. The molecule has 0 radical (unpaired) electrons. The second kappa shape index (κ2) is 7.66. The van der Waals surface area contributed by atoms with E-state index in [4.69, 9.17) is 4.74 Å². The summed E-state index contributed by atoms with van der Waals surface area (Å²) in [5.41, 5.74) is -1.33. The molecule has 0 amide bonds. The van der Waals surface area contributed by atoms with Crippen molar-refractivity contribution in [2.24, 2.45) is 0 Å². The Kier molecular flexibility index (Phi) is 6.48. The maximum absolute atomic E-state index is 12.8. The van der Waals surface area contributed by atoms with Crippen LogP contribution in [0.3, 0.4) is 0 Å². The second-order valence-electron chi connectivity index (χ2n) is 5.24. The third-order valence-electron chi connectivity index (χ3n) is 3.25. The van der Waals surface area contributed by atoms with Crippen molar-refractivity contribution >= 4 is 0 Å². The molecule has 0 saturated heterocycles. The van der Waals surface area contributed by atoms with Crippen LogP contribution in [-0.2, 0) is 6.18 Å². The number of hydrogen-bond donors (Lipinski definition) is 2. The van der Waals surface area contributed by atoms with Crippen molar-refractivity contribution < 1.29 is 23.0 Å². The number of aliphatic hydroxyl groups is 1. The van der Waals surface area contributed by atoms with Crippen molar-refractivity contribution in [3.8, 4) is 5.75 Å². The van der Waals surface area contributed by atoms with E-state index in [9.17, 15) is 18.3 Å². The molecule has 1 unspecified atom stereocenters. The smallest absolute Gasteiger partial charge is 0.419 e. The lowest BCUT2D eigenvalue weighted by Crippen LogP contribution is -2.47. The van der Waals surface area contributed by atoms with Gasteiger partial charge in [-0.1, -0.05) is 19.1 Å². The zero-order chi connectivity index (χ0) is 15.9. The van der Waals surface area contributed by atoms with Gasteiger partial charge < -0.3 is 15.2 Å². The van der Waals surface area contributed by atoms with E-state index < -0.39 is 17.3 Å². The molecule has 1 rings (SSSR count). The first-order valence-corrected chi connectivity index (χ1v) is 6.97. The molecule has 1 atom stereocenters. The number of rotatable bonds is 8. The Labute approximate surface area is 123 Å². The summed E-state index contributed by atoms with van der Waals surface area (Å²) in [5.74, 6) is -0.180. The zero-order valence-corrected chi connectivity index (χ0v) is 12.3. The molecule has 2 N–H and O–H groups in total. The first-order valence-electron chi connectivity index (χ1n) is 6.97. The van der Waals surface area contributed by atoms with Crippen molar-refractivity contribution in [2.45, 2.75) is 38.4 Å². The standard InChI is InChI=1S/C15H22F3NO2/c1-3-9-19-14(2,11-20)8-10-21-13-7-5-4-6-12(13)15(16,17)18/h4-7,19-20H,3,8-11H2,1-2H3. The van der Waals surface area contributed by atoms with Crippen molar-refractivity contribution in [1.82, 2.24) is 5.32 Å². The number of para-hydroxylation sites is 1. The molecule has 21 heavy (non-hydrogen) atoms. The van der Waals surface area contributed by atoms with Gasteiger partial charge in [0, 0.05) is 12.0 Å². The predicted molar refractivity (Wildman–Crippen MR) is 75.3 cm³/mol. The average molecular weight is 305 g/mol. The van der Waals surface area contributed by atoms with Crippen LogP contribution in [0.2, 0.25) is 0 Å². The molecule has 1 aromatic carbocycles. The summed E-state index contributed by atoms with van der Waals surface area (Å²) in [6, 6.07) is 5.13. The van der Waals surface area contributed by atoms with Crippen LogP contribution in [0, 0.1) is 0 Å². The molecule has 0 spiro atoms. The van der Waals surface area contributed by atoms with Crippen LogP contribution in [0.5, 0.6) is 5.75 Å². The number of nitrogens with one attached hydrogen (secondary N) is 1. The van der Waals surface area contributed by atoms with Gasteiger partial charge in [-0.25, -0.2) is 0 Å². The lowest BCUT2D eigenvalue weighted by Gasteiger charge is -2.29. The quantitative estimate of drug-likeness (QED) is 0.775. The Morgan fingerprint density at radius 2 is 1.90 bits per heavy atom. The Balaban J connectivity index is 2.64. The average Bonchev–Trinajstić information content (AvgIpc) is 2.44. The molecule has 0 aliphatic rings. The topological polar surface area (TPSA) is 41.5 Å². The van der Waals surface area contributed by atoms with Crippen LogP contribution in [0.1, 0.15) is 32.3 Å². The number of halogens is 3. The largest absolute Gasteiger partial charge is 0.493 e. The summed E-state index contributed by atoms with van der Waals surface area (Å²) < 4.78 is 43.7. The van der Waals surface area contributed by atoms with E-state index in [1.165, 1.54) is 18.2 Å². The van der Waals surface area contributed by atoms with Crippen LogP contribution in [-0.4, -0.2) is 30.4 Å². The van der Waals surface area contributed by atoms with E-state index in [2.05, 4.69) is 5.32 Å². The molecule has 0 aliphatic heterocycles. The van der Waals surface area contributed by atoms with Gasteiger partial charge in [0.1, 0.15) is 5.75 Å². The van der Waals surface area contributed by atoms with Crippen LogP contribution >= 0.6 is 0 Å².